The second-order valence-corrected chi connectivity index (χ2v) is 5.33. The van der Waals surface area contributed by atoms with Crippen molar-refractivity contribution in [3.63, 3.8) is 0 Å². The highest BCUT2D eigenvalue weighted by Crippen LogP contribution is 2.30. The molecule has 0 unspecified atom stereocenters. The van der Waals surface area contributed by atoms with E-state index in [2.05, 4.69) is 0 Å². The lowest BCUT2D eigenvalue weighted by Gasteiger charge is -2.38. The van der Waals surface area contributed by atoms with Crippen LogP contribution in [0.3, 0.4) is 0 Å². The average molecular weight is 213 g/mol. The second-order valence-electron chi connectivity index (χ2n) is 5.33. The molecule has 0 aliphatic heterocycles. The van der Waals surface area contributed by atoms with E-state index in [9.17, 15) is 9.90 Å². The predicted molar refractivity (Wildman–Crippen MR) is 60.5 cm³/mol. The van der Waals surface area contributed by atoms with Crippen LogP contribution < -0.4 is 0 Å². The molecule has 1 amide bonds. The molecular weight excluding hydrogens is 190 g/mol. The van der Waals surface area contributed by atoms with Crippen LogP contribution in [0.4, 0.5) is 0 Å². The van der Waals surface area contributed by atoms with Crippen LogP contribution in [0.2, 0.25) is 0 Å². The third-order valence-electron chi connectivity index (χ3n) is 3.42. The number of aliphatic hydroxyl groups is 1. The summed E-state index contributed by atoms with van der Waals surface area (Å²) in [5, 5.41) is 9.82. The first kappa shape index (κ1) is 12.5. The molecule has 0 bridgehead atoms. The molecule has 0 aromatic heterocycles. The minimum absolute atomic E-state index is 0.0671. The molecule has 1 fully saturated rings. The molecule has 0 aromatic carbocycles. The Kier molecular flexibility index (Phi) is 3.77. The average Bonchev–Trinajstić information content (AvgIpc) is 2.15. The summed E-state index contributed by atoms with van der Waals surface area (Å²) in [6.07, 6.45) is 3.44. The fraction of sp³-hybridized carbons (Fsp3) is 0.917. The molecule has 0 saturated heterocycles. The molecule has 0 aromatic rings. The fourth-order valence-electron chi connectivity index (χ4n) is 2.20. The Hall–Kier alpha value is -0.570. The molecular formula is C12H23NO2. The zero-order chi connectivity index (χ0) is 11.6. The molecule has 0 heterocycles. The predicted octanol–water partition coefficient (Wildman–Crippen LogP) is 1.79. The molecule has 1 saturated carbocycles. The van der Waals surface area contributed by atoms with Crippen molar-refractivity contribution >= 4 is 5.91 Å². The van der Waals surface area contributed by atoms with Gasteiger partial charge in [0.2, 0.25) is 5.91 Å². The standard InChI is InChI=1S/C12H23NO2/c1-9(2)11(14)13(4)10-5-7-12(3,15)8-6-10/h9-10,15H,5-8H2,1-4H3. The summed E-state index contributed by atoms with van der Waals surface area (Å²) in [5.74, 6) is 0.277. The molecule has 0 spiro atoms. The van der Waals surface area contributed by atoms with E-state index in [0.29, 0.717) is 6.04 Å². The third-order valence-corrected chi connectivity index (χ3v) is 3.42. The Morgan fingerprint density at radius 3 is 2.27 bits per heavy atom. The summed E-state index contributed by atoms with van der Waals surface area (Å²) in [4.78, 5) is 13.6. The molecule has 1 aliphatic carbocycles. The highest BCUT2D eigenvalue weighted by atomic mass is 16.3. The Morgan fingerprint density at radius 1 is 1.40 bits per heavy atom. The number of carbonyl (C=O) groups is 1. The van der Waals surface area contributed by atoms with Gasteiger partial charge in [0.25, 0.3) is 0 Å². The van der Waals surface area contributed by atoms with Gasteiger partial charge in [0.15, 0.2) is 0 Å². The molecule has 88 valence electrons. The van der Waals surface area contributed by atoms with Gasteiger partial charge in [-0.2, -0.15) is 0 Å². The maximum absolute atomic E-state index is 11.8. The van der Waals surface area contributed by atoms with E-state index < -0.39 is 5.60 Å². The van der Waals surface area contributed by atoms with Gasteiger partial charge in [0.05, 0.1) is 5.60 Å². The van der Waals surface area contributed by atoms with Crippen LogP contribution in [0.5, 0.6) is 0 Å². The molecule has 1 aliphatic rings. The van der Waals surface area contributed by atoms with Gasteiger partial charge in [0.1, 0.15) is 0 Å². The number of hydrogen-bond donors (Lipinski definition) is 1. The molecule has 0 radical (unpaired) electrons. The lowest BCUT2D eigenvalue weighted by Crippen LogP contribution is -2.44. The molecule has 0 atom stereocenters. The number of rotatable bonds is 2. The first-order valence-electron chi connectivity index (χ1n) is 5.82. The summed E-state index contributed by atoms with van der Waals surface area (Å²) in [5.41, 5.74) is -0.516. The van der Waals surface area contributed by atoms with Crippen molar-refractivity contribution in [1.82, 2.24) is 4.90 Å². The van der Waals surface area contributed by atoms with Crippen LogP contribution in [-0.2, 0) is 4.79 Å². The number of hydrogen-bond acceptors (Lipinski definition) is 2. The zero-order valence-corrected chi connectivity index (χ0v) is 10.3. The number of nitrogens with zero attached hydrogens (tertiary/aromatic N) is 1. The van der Waals surface area contributed by atoms with Gasteiger partial charge in [-0.05, 0) is 32.6 Å². The van der Waals surface area contributed by atoms with Gasteiger partial charge < -0.3 is 10.0 Å². The van der Waals surface area contributed by atoms with Crippen molar-refractivity contribution in [2.24, 2.45) is 5.92 Å². The van der Waals surface area contributed by atoms with Crippen LogP contribution in [0.15, 0.2) is 0 Å². The maximum Gasteiger partial charge on any atom is 0.225 e. The van der Waals surface area contributed by atoms with Gasteiger partial charge in [-0.15, -0.1) is 0 Å². The van der Waals surface area contributed by atoms with Crippen molar-refractivity contribution < 1.29 is 9.90 Å². The molecule has 1 rings (SSSR count). The smallest absolute Gasteiger partial charge is 0.225 e. The highest BCUT2D eigenvalue weighted by Gasteiger charge is 2.32. The van der Waals surface area contributed by atoms with Crippen LogP contribution >= 0.6 is 0 Å². The summed E-state index contributed by atoms with van der Waals surface area (Å²) < 4.78 is 0. The van der Waals surface area contributed by atoms with Crippen LogP contribution in [0.25, 0.3) is 0 Å². The fourth-order valence-corrected chi connectivity index (χ4v) is 2.20. The van der Waals surface area contributed by atoms with Gasteiger partial charge in [-0.25, -0.2) is 0 Å². The second kappa shape index (κ2) is 4.52. The monoisotopic (exact) mass is 213 g/mol. The topological polar surface area (TPSA) is 40.5 Å². The van der Waals surface area contributed by atoms with Crippen LogP contribution in [0.1, 0.15) is 46.5 Å². The first-order chi connectivity index (χ1) is 6.83. The molecule has 3 heteroatoms. The highest BCUT2D eigenvalue weighted by molar-refractivity contribution is 5.78. The normalized spacial score (nSPS) is 31.7. The Balaban J connectivity index is 2.50. The van der Waals surface area contributed by atoms with Crippen molar-refractivity contribution in [2.45, 2.75) is 58.1 Å². The van der Waals surface area contributed by atoms with Crippen molar-refractivity contribution in [3.8, 4) is 0 Å². The zero-order valence-electron chi connectivity index (χ0n) is 10.3. The van der Waals surface area contributed by atoms with E-state index in [1.807, 2.05) is 32.7 Å². The van der Waals surface area contributed by atoms with E-state index >= 15 is 0 Å². The first-order valence-corrected chi connectivity index (χ1v) is 5.82. The van der Waals surface area contributed by atoms with Crippen molar-refractivity contribution in [1.29, 1.82) is 0 Å². The lowest BCUT2D eigenvalue weighted by molar-refractivity contribution is -0.137. The Labute approximate surface area is 92.5 Å². The van der Waals surface area contributed by atoms with E-state index in [1.165, 1.54) is 0 Å². The number of amides is 1. The van der Waals surface area contributed by atoms with E-state index in [4.69, 9.17) is 0 Å². The Bertz CT molecular complexity index is 226. The minimum Gasteiger partial charge on any atom is -0.390 e. The summed E-state index contributed by atoms with van der Waals surface area (Å²) in [7, 11) is 1.88. The number of carbonyl (C=O) groups excluding carboxylic acids is 1. The Morgan fingerprint density at radius 2 is 1.87 bits per heavy atom. The van der Waals surface area contributed by atoms with E-state index in [1.54, 1.807) is 0 Å². The van der Waals surface area contributed by atoms with Crippen LogP contribution in [0, 0.1) is 5.92 Å². The van der Waals surface area contributed by atoms with Crippen molar-refractivity contribution in [2.75, 3.05) is 7.05 Å². The lowest BCUT2D eigenvalue weighted by atomic mass is 9.83. The quantitative estimate of drug-likeness (QED) is 0.759. The SMILES string of the molecule is CC(C)C(=O)N(C)C1CCC(C)(O)CC1. The van der Waals surface area contributed by atoms with Gasteiger partial charge in [0, 0.05) is 19.0 Å². The third kappa shape index (κ3) is 3.20. The summed E-state index contributed by atoms with van der Waals surface area (Å²) in [6, 6.07) is 0.320. The molecule has 15 heavy (non-hydrogen) atoms. The molecule has 1 N–H and O–H groups in total. The van der Waals surface area contributed by atoms with E-state index in [-0.39, 0.29) is 11.8 Å². The van der Waals surface area contributed by atoms with Crippen LogP contribution in [-0.4, -0.2) is 34.6 Å². The summed E-state index contributed by atoms with van der Waals surface area (Å²) >= 11 is 0. The van der Waals surface area contributed by atoms with Gasteiger partial charge in [-0.1, -0.05) is 13.8 Å². The minimum atomic E-state index is -0.516. The largest absolute Gasteiger partial charge is 0.390 e. The van der Waals surface area contributed by atoms with E-state index in [0.717, 1.165) is 25.7 Å². The van der Waals surface area contributed by atoms with Gasteiger partial charge in [-0.3, -0.25) is 4.79 Å². The van der Waals surface area contributed by atoms with Gasteiger partial charge >= 0.3 is 0 Å². The maximum atomic E-state index is 11.8. The summed E-state index contributed by atoms with van der Waals surface area (Å²) in [6.45, 7) is 5.74. The van der Waals surface area contributed by atoms with Crippen molar-refractivity contribution in [3.05, 3.63) is 0 Å². The molecule has 3 nitrogen and oxygen atoms in total.